The molecule has 0 aromatic heterocycles. The highest BCUT2D eigenvalue weighted by atomic mass is 32.1. The van der Waals surface area contributed by atoms with Crippen molar-refractivity contribution < 1.29 is 4.74 Å². The third-order valence-electron chi connectivity index (χ3n) is 3.51. The van der Waals surface area contributed by atoms with Crippen LogP contribution in [0.25, 0.3) is 0 Å². The van der Waals surface area contributed by atoms with Crippen LogP contribution in [0.2, 0.25) is 0 Å². The van der Waals surface area contributed by atoms with Crippen molar-refractivity contribution in [2.75, 3.05) is 39.1 Å². The molecule has 3 heteroatoms. The number of thiol groups is 1. The summed E-state index contributed by atoms with van der Waals surface area (Å²) in [5.41, 5.74) is 0.399. The third kappa shape index (κ3) is 6.68. The number of hydrogen-bond acceptors (Lipinski definition) is 3. The molecule has 0 aromatic rings. The summed E-state index contributed by atoms with van der Waals surface area (Å²) in [7, 11) is 1.78. The maximum Gasteiger partial charge on any atom is 0.0589 e. The Bertz CT molecular complexity index is 170. The van der Waals surface area contributed by atoms with Crippen molar-refractivity contribution in [3.8, 4) is 0 Å². The fraction of sp³-hybridized carbons (Fsp3) is 1.00. The molecule has 0 aliphatic heterocycles. The average Bonchev–Trinajstić information content (AvgIpc) is 2.34. The zero-order chi connectivity index (χ0) is 13.1. The summed E-state index contributed by atoms with van der Waals surface area (Å²) in [5.74, 6) is 0.998. The lowest BCUT2D eigenvalue weighted by atomic mass is 9.80. The highest BCUT2D eigenvalue weighted by molar-refractivity contribution is 7.80. The molecule has 0 aliphatic rings. The number of ether oxygens (including phenoxy) is 1. The van der Waals surface area contributed by atoms with Crippen LogP contribution < -0.4 is 0 Å². The van der Waals surface area contributed by atoms with E-state index in [0.717, 1.165) is 32.0 Å². The summed E-state index contributed by atoms with van der Waals surface area (Å²) in [5, 5.41) is 0. The van der Waals surface area contributed by atoms with E-state index < -0.39 is 0 Å². The molecule has 0 spiro atoms. The highest BCUT2D eigenvalue weighted by Crippen LogP contribution is 2.32. The monoisotopic (exact) mass is 261 g/mol. The molecule has 0 heterocycles. The van der Waals surface area contributed by atoms with Gasteiger partial charge < -0.3 is 9.64 Å². The molecule has 2 nitrogen and oxygen atoms in total. The van der Waals surface area contributed by atoms with Gasteiger partial charge in [0.2, 0.25) is 0 Å². The van der Waals surface area contributed by atoms with E-state index in [9.17, 15) is 0 Å². The van der Waals surface area contributed by atoms with Crippen LogP contribution in [-0.2, 0) is 4.74 Å². The van der Waals surface area contributed by atoms with Gasteiger partial charge in [0.25, 0.3) is 0 Å². The highest BCUT2D eigenvalue weighted by Gasteiger charge is 2.28. The second-order valence-electron chi connectivity index (χ2n) is 5.02. The molecule has 0 saturated carbocycles. The SMILES string of the molecule is CCCC(CS)(CCC)CN(CC)CCOC. The van der Waals surface area contributed by atoms with Crippen LogP contribution in [0, 0.1) is 5.41 Å². The first-order valence-electron chi connectivity index (χ1n) is 7.00. The van der Waals surface area contributed by atoms with Crippen LogP contribution in [0.4, 0.5) is 0 Å². The van der Waals surface area contributed by atoms with E-state index in [-0.39, 0.29) is 0 Å². The standard InChI is InChI=1S/C14H31NOS/c1-5-8-14(13-17,9-6-2)12-15(7-3)10-11-16-4/h17H,5-13H2,1-4H3. The molecule has 0 aliphatic carbocycles. The van der Waals surface area contributed by atoms with Crippen LogP contribution >= 0.6 is 12.6 Å². The molecule has 0 rings (SSSR count). The van der Waals surface area contributed by atoms with Gasteiger partial charge in [0.1, 0.15) is 0 Å². The lowest BCUT2D eigenvalue weighted by Gasteiger charge is -2.37. The molecule has 0 aromatic carbocycles. The largest absolute Gasteiger partial charge is 0.383 e. The van der Waals surface area contributed by atoms with Crippen LogP contribution in [0.3, 0.4) is 0 Å². The van der Waals surface area contributed by atoms with E-state index in [1.165, 1.54) is 25.7 Å². The summed E-state index contributed by atoms with van der Waals surface area (Å²) in [6.45, 7) is 10.9. The quantitative estimate of drug-likeness (QED) is 0.572. The fourth-order valence-corrected chi connectivity index (χ4v) is 3.01. The minimum absolute atomic E-state index is 0.399. The number of nitrogens with zero attached hydrogens (tertiary/aromatic N) is 1. The Morgan fingerprint density at radius 1 is 1.12 bits per heavy atom. The van der Waals surface area contributed by atoms with Gasteiger partial charge in [-0.3, -0.25) is 0 Å². The minimum atomic E-state index is 0.399. The summed E-state index contributed by atoms with van der Waals surface area (Å²) in [4.78, 5) is 2.50. The van der Waals surface area contributed by atoms with Crippen molar-refractivity contribution in [2.45, 2.75) is 46.5 Å². The number of methoxy groups -OCH3 is 1. The maximum atomic E-state index is 5.18. The molecule has 0 N–H and O–H groups in total. The normalized spacial score (nSPS) is 12.4. The molecule has 0 atom stereocenters. The van der Waals surface area contributed by atoms with E-state index in [1.54, 1.807) is 7.11 Å². The van der Waals surface area contributed by atoms with Crippen molar-refractivity contribution in [3.63, 3.8) is 0 Å². The smallest absolute Gasteiger partial charge is 0.0589 e. The van der Waals surface area contributed by atoms with Gasteiger partial charge in [-0.05, 0) is 30.6 Å². The van der Waals surface area contributed by atoms with Crippen LogP contribution in [0.5, 0.6) is 0 Å². The Hall–Kier alpha value is 0.270. The zero-order valence-corrected chi connectivity index (χ0v) is 13.1. The van der Waals surface area contributed by atoms with Crippen LogP contribution in [0.1, 0.15) is 46.5 Å². The van der Waals surface area contributed by atoms with Crippen molar-refractivity contribution >= 4 is 12.6 Å². The Morgan fingerprint density at radius 3 is 2.06 bits per heavy atom. The molecule has 0 amide bonds. The number of hydrogen-bond donors (Lipinski definition) is 1. The van der Waals surface area contributed by atoms with Gasteiger partial charge in [0.15, 0.2) is 0 Å². The predicted octanol–water partition coefficient (Wildman–Crippen LogP) is 3.47. The summed E-state index contributed by atoms with van der Waals surface area (Å²) in [6, 6.07) is 0. The van der Waals surface area contributed by atoms with Gasteiger partial charge in [0, 0.05) is 20.2 Å². The first kappa shape index (κ1) is 17.3. The molecule has 17 heavy (non-hydrogen) atoms. The van der Waals surface area contributed by atoms with E-state index in [4.69, 9.17) is 4.74 Å². The molecule has 0 radical (unpaired) electrons. The summed E-state index contributed by atoms with van der Waals surface area (Å²) in [6.07, 6.45) is 5.08. The molecule has 0 fully saturated rings. The lowest BCUT2D eigenvalue weighted by Crippen LogP contribution is -2.40. The van der Waals surface area contributed by atoms with Crippen molar-refractivity contribution in [3.05, 3.63) is 0 Å². The summed E-state index contributed by atoms with van der Waals surface area (Å²) < 4.78 is 5.18. The Kier molecular flexibility index (Phi) is 10.4. The van der Waals surface area contributed by atoms with E-state index in [2.05, 4.69) is 38.3 Å². The topological polar surface area (TPSA) is 12.5 Å². The molecule has 0 unspecified atom stereocenters. The first-order chi connectivity index (χ1) is 8.17. The van der Waals surface area contributed by atoms with E-state index >= 15 is 0 Å². The first-order valence-corrected chi connectivity index (χ1v) is 7.63. The van der Waals surface area contributed by atoms with Crippen molar-refractivity contribution in [2.24, 2.45) is 5.41 Å². The number of likely N-dealkylation sites (N-methyl/N-ethyl adjacent to an activating group) is 1. The number of rotatable bonds is 11. The lowest BCUT2D eigenvalue weighted by molar-refractivity contribution is 0.108. The minimum Gasteiger partial charge on any atom is -0.383 e. The average molecular weight is 261 g/mol. The van der Waals surface area contributed by atoms with Gasteiger partial charge in [-0.25, -0.2) is 0 Å². The Morgan fingerprint density at radius 2 is 1.71 bits per heavy atom. The zero-order valence-electron chi connectivity index (χ0n) is 12.2. The van der Waals surface area contributed by atoms with Crippen LogP contribution in [-0.4, -0.2) is 44.0 Å². The Labute approximate surface area is 114 Å². The summed E-state index contributed by atoms with van der Waals surface area (Å²) >= 11 is 4.62. The van der Waals surface area contributed by atoms with E-state index in [0.29, 0.717) is 5.41 Å². The third-order valence-corrected chi connectivity index (χ3v) is 4.18. The molecule has 0 saturated heterocycles. The van der Waals surface area contributed by atoms with Gasteiger partial charge in [-0.1, -0.05) is 33.6 Å². The fourth-order valence-electron chi connectivity index (χ4n) is 2.60. The predicted molar refractivity (Wildman–Crippen MR) is 80.1 cm³/mol. The molecule has 104 valence electrons. The molecule has 0 bridgehead atoms. The molecular formula is C14H31NOS. The van der Waals surface area contributed by atoms with E-state index in [1.807, 2.05) is 0 Å². The van der Waals surface area contributed by atoms with Crippen molar-refractivity contribution in [1.29, 1.82) is 0 Å². The Balaban J connectivity index is 4.44. The second-order valence-corrected chi connectivity index (χ2v) is 5.34. The van der Waals surface area contributed by atoms with Crippen LogP contribution in [0.15, 0.2) is 0 Å². The van der Waals surface area contributed by atoms with Gasteiger partial charge in [-0.2, -0.15) is 12.6 Å². The second kappa shape index (κ2) is 10.2. The van der Waals surface area contributed by atoms with Crippen molar-refractivity contribution in [1.82, 2.24) is 4.90 Å². The molecular weight excluding hydrogens is 230 g/mol. The maximum absolute atomic E-state index is 5.18. The van der Waals surface area contributed by atoms with Gasteiger partial charge in [-0.15, -0.1) is 0 Å². The van der Waals surface area contributed by atoms with Gasteiger partial charge >= 0.3 is 0 Å². The van der Waals surface area contributed by atoms with Gasteiger partial charge in [0.05, 0.1) is 6.61 Å².